The summed E-state index contributed by atoms with van der Waals surface area (Å²) in [6, 6.07) is 0. The second-order valence-corrected chi connectivity index (χ2v) is 1.27. The second kappa shape index (κ2) is 69.0. The van der Waals surface area contributed by atoms with Gasteiger partial charge in [-0.3, -0.25) is 0 Å². The minimum absolute atomic E-state index is 0. The molecule has 0 unspecified atom stereocenters. The molecule has 0 aliphatic carbocycles. The maximum atomic E-state index is 6.67. The Hall–Kier alpha value is 0.588. The number of nitrogens with zero attached hydrogens (tertiary/aromatic N) is 1. The van der Waals surface area contributed by atoms with Crippen LogP contribution in [0, 0.1) is 19.8 Å². The van der Waals surface area contributed by atoms with E-state index in [0.717, 1.165) is 13.0 Å². The quantitative estimate of drug-likeness (QED) is 0.305. The molecular weight excluding hydrogens is 376 g/mol. The van der Waals surface area contributed by atoms with Crippen molar-refractivity contribution in [2.24, 2.45) is 0 Å². The van der Waals surface area contributed by atoms with Gasteiger partial charge in [0.05, 0.1) is 0 Å². The van der Waals surface area contributed by atoms with E-state index in [4.69, 9.17) is 5.73 Å². The van der Waals surface area contributed by atoms with Gasteiger partial charge in [0.25, 0.3) is 0 Å². The summed E-state index contributed by atoms with van der Waals surface area (Å²) >= 11 is 1.61. The number of terminal acetylenes is 1. The summed E-state index contributed by atoms with van der Waals surface area (Å²) in [7, 11) is 12.6. The Labute approximate surface area is 108 Å². The van der Waals surface area contributed by atoms with Crippen molar-refractivity contribution in [2.45, 2.75) is 13.8 Å². The Bertz CT molecular complexity index is 64.5. The van der Waals surface area contributed by atoms with Crippen LogP contribution in [0.5, 0.6) is 0 Å². The van der Waals surface area contributed by atoms with Crippen LogP contribution in [0.25, 0.3) is 11.1 Å². The number of hydrogen-bond donors (Lipinski definition) is 0. The van der Waals surface area contributed by atoms with Crippen molar-refractivity contribution in [3.8, 4) is 12.8 Å². The van der Waals surface area contributed by atoms with Gasteiger partial charge in [-0.2, -0.15) is 19.6 Å². The fraction of sp³-hybridized carbons (Fsp3) is 0.625. The molecule has 85 valence electrons. The molecule has 0 aromatic rings. The Morgan fingerprint density at radius 1 is 1.29 bits per heavy atom. The summed E-state index contributed by atoms with van der Waals surface area (Å²) in [5, 5.41) is 3.96. The van der Waals surface area contributed by atoms with Crippen LogP contribution in [-0.4, -0.2) is 35.1 Å². The van der Waals surface area contributed by atoms with Gasteiger partial charge in [-0.1, -0.05) is 7.43 Å². The number of nitrogens with one attached hydrogen (secondary N) is 1. The van der Waals surface area contributed by atoms with Crippen molar-refractivity contribution in [3.05, 3.63) is 18.0 Å². The standard InChI is InChI=1S/C5H11N2.C2H2.CH4.B2.ClH.Pt/c1-2-4-7-5-3-6;1-2;;1-2;;/h6H,1-5H2;1-2H;1H4;;1H;/q-3;;;;;+1/p-1. The monoisotopic (exact) mass is 393 g/mol. The van der Waals surface area contributed by atoms with Crippen LogP contribution in [0.4, 0.5) is 0 Å². The zero-order chi connectivity index (χ0) is 11.5. The van der Waals surface area contributed by atoms with Crippen molar-refractivity contribution in [1.82, 2.24) is 0 Å². The SMILES string of the molecule is C.C#C.[B][B].[CH2-]CC[N-]CC[NH-].[Cl][Pt]. The van der Waals surface area contributed by atoms with Crippen molar-refractivity contribution < 1.29 is 18.8 Å². The van der Waals surface area contributed by atoms with Gasteiger partial charge >= 0.3 is 28.2 Å². The Kier molecular flexibility index (Phi) is 144. The van der Waals surface area contributed by atoms with Crippen molar-refractivity contribution >= 4 is 24.9 Å². The molecule has 0 heterocycles. The fourth-order valence-corrected chi connectivity index (χ4v) is 0.303. The third-order valence-corrected chi connectivity index (χ3v) is 0.586. The molecule has 0 saturated carbocycles. The predicted octanol–water partition coefficient (Wildman–Crippen LogP) is 2.45. The average molecular weight is 393 g/mol. The van der Waals surface area contributed by atoms with Gasteiger partial charge < -0.3 is 18.0 Å². The molecule has 14 heavy (non-hydrogen) atoms. The molecule has 0 fully saturated rings. The zero-order valence-corrected chi connectivity index (χ0v) is 10.5. The Morgan fingerprint density at radius 3 is 1.86 bits per heavy atom. The van der Waals surface area contributed by atoms with Crippen LogP contribution >= 0.6 is 9.42 Å². The van der Waals surface area contributed by atoms with E-state index in [2.05, 4.69) is 50.0 Å². The molecule has 0 aliphatic heterocycles. The molecule has 0 saturated heterocycles. The Morgan fingerprint density at radius 2 is 1.64 bits per heavy atom. The van der Waals surface area contributed by atoms with E-state index in [9.17, 15) is 0 Å². The van der Waals surface area contributed by atoms with Crippen molar-refractivity contribution in [2.75, 3.05) is 19.6 Å². The first-order valence-corrected chi connectivity index (χ1v) is 6.09. The topological polar surface area (TPSA) is 37.9 Å². The first kappa shape index (κ1) is 29.3. The first-order chi connectivity index (χ1) is 6.41. The summed E-state index contributed by atoms with van der Waals surface area (Å²) in [4.78, 5) is 0. The van der Waals surface area contributed by atoms with Crippen LogP contribution in [-0.2, 0) is 18.8 Å². The molecule has 4 radical (unpaired) electrons. The van der Waals surface area contributed by atoms with Gasteiger partial charge in [-0.25, -0.2) is 6.42 Å². The predicted molar refractivity (Wildman–Crippen MR) is 66.2 cm³/mol. The Balaban J connectivity index is -0.0000000332. The number of halogens is 1. The van der Waals surface area contributed by atoms with Gasteiger partial charge in [-0.15, -0.1) is 12.8 Å². The summed E-state index contributed by atoms with van der Waals surface area (Å²) in [5.41, 5.74) is 6.67. The van der Waals surface area contributed by atoms with Gasteiger partial charge in [-0.05, 0) is 0 Å². The molecule has 2 nitrogen and oxygen atoms in total. The molecule has 0 aromatic heterocycles. The van der Waals surface area contributed by atoms with Crippen LogP contribution in [0.3, 0.4) is 0 Å². The maximum absolute atomic E-state index is 6.67. The molecule has 0 atom stereocenters. The van der Waals surface area contributed by atoms with Crippen LogP contribution in [0.2, 0.25) is 0 Å². The van der Waals surface area contributed by atoms with E-state index in [1.54, 1.807) is 18.8 Å². The van der Waals surface area contributed by atoms with Crippen molar-refractivity contribution in [3.63, 3.8) is 0 Å². The molecule has 0 spiro atoms. The van der Waals surface area contributed by atoms with Gasteiger partial charge in [0, 0.05) is 15.5 Å². The van der Waals surface area contributed by atoms with E-state index < -0.39 is 0 Å². The third kappa shape index (κ3) is 80.3. The van der Waals surface area contributed by atoms with Gasteiger partial charge in [0.2, 0.25) is 0 Å². The molecule has 1 N–H and O–H groups in total. The zero-order valence-electron chi connectivity index (χ0n) is 7.49. The first-order valence-electron chi connectivity index (χ1n) is 3.27. The number of rotatable bonds is 4. The normalized spacial score (nSPS) is 5.64. The fourth-order valence-electron chi connectivity index (χ4n) is 0.303. The average Bonchev–Trinajstić information content (AvgIpc) is 2.27. The van der Waals surface area contributed by atoms with E-state index in [1.807, 2.05) is 0 Å². The van der Waals surface area contributed by atoms with E-state index in [1.165, 1.54) is 0 Å². The van der Waals surface area contributed by atoms with E-state index in [-0.39, 0.29) is 7.43 Å². The minimum atomic E-state index is 0. The molecule has 0 amide bonds. The second-order valence-electron chi connectivity index (χ2n) is 1.27. The molecule has 6 heteroatoms. The third-order valence-electron chi connectivity index (χ3n) is 0.586. The van der Waals surface area contributed by atoms with Crippen molar-refractivity contribution in [1.29, 1.82) is 0 Å². The molecule has 0 aromatic carbocycles. The van der Waals surface area contributed by atoms with E-state index >= 15 is 0 Å². The van der Waals surface area contributed by atoms with Crippen LogP contribution < -0.4 is 0 Å². The summed E-state index contributed by atoms with van der Waals surface area (Å²) in [6.07, 6.45) is 8.86. The molecule has 0 rings (SSSR count). The van der Waals surface area contributed by atoms with Gasteiger partial charge in [0.15, 0.2) is 0 Å². The summed E-state index contributed by atoms with van der Waals surface area (Å²) in [6.45, 7) is 5.51. The molecular formula is C8H17B2ClN2Pt-3. The molecule has 0 bridgehead atoms. The van der Waals surface area contributed by atoms with Crippen LogP contribution in [0.15, 0.2) is 0 Å². The number of hydrogen-bond acceptors (Lipinski definition) is 0. The van der Waals surface area contributed by atoms with Crippen LogP contribution in [0.1, 0.15) is 13.8 Å². The van der Waals surface area contributed by atoms with E-state index in [0.29, 0.717) is 13.1 Å². The van der Waals surface area contributed by atoms with Gasteiger partial charge in [0.1, 0.15) is 0 Å². The summed E-state index contributed by atoms with van der Waals surface area (Å²) < 4.78 is 0. The molecule has 0 aliphatic rings. The summed E-state index contributed by atoms with van der Waals surface area (Å²) in [5.74, 6) is 0.